The molecule has 1 amide bonds. The number of tetrazole rings is 1. The van der Waals surface area contributed by atoms with Crippen LogP contribution in [0.3, 0.4) is 0 Å². The molecule has 1 aliphatic heterocycles. The maximum Gasteiger partial charge on any atom is 0.258 e. The standard InChI is InChI=1S/C24H22N6OS/c1-16(30-26-23(25-27-30)17-12-14-18(15-13-17)28(2)3)24(31)29-19-8-4-6-10-21(19)32-22-11-7-5-9-20(22)29/h4-16H,1-3H3/t16-/m1/s1. The maximum absolute atomic E-state index is 13.7. The first-order chi connectivity index (χ1) is 15.5. The molecule has 32 heavy (non-hydrogen) atoms. The number of carbonyl (C=O) groups is 1. The molecule has 0 fully saturated rings. The van der Waals surface area contributed by atoms with E-state index >= 15 is 0 Å². The monoisotopic (exact) mass is 442 g/mol. The summed E-state index contributed by atoms with van der Waals surface area (Å²) in [6.45, 7) is 1.80. The van der Waals surface area contributed by atoms with E-state index in [1.54, 1.807) is 23.6 Å². The van der Waals surface area contributed by atoms with Gasteiger partial charge in [0.15, 0.2) is 0 Å². The van der Waals surface area contributed by atoms with Crippen molar-refractivity contribution in [2.45, 2.75) is 22.8 Å². The van der Waals surface area contributed by atoms with Crippen LogP contribution in [-0.4, -0.2) is 40.2 Å². The number of para-hydroxylation sites is 2. The summed E-state index contributed by atoms with van der Waals surface area (Å²) in [5.74, 6) is 0.377. The Hall–Kier alpha value is -3.65. The smallest absolute Gasteiger partial charge is 0.258 e. The Morgan fingerprint density at radius 2 is 1.50 bits per heavy atom. The number of nitrogens with zero attached hydrogens (tertiary/aromatic N) is 6. The number of aromatic nitrogens is 4. The van der Waals surface area contributed by atoms with Crippen LogP contribution >= 0.6 is 11.8 Å². The van der Waals surface area contributed by atoms with Crippen molar-refractivity contribution in [3.8, 4) is 11.4 Å². The molecule has 0 unspecified atom stereocenters. The van der Waals surface area contributed by atoms with Crippen LogP contribution in [0.15, 0.2) is 82.6 Å². The van der Waals surface area contributed by atoms with E-state index in [0.717, 1.165) is 32.4 Å². The van der Waals surface area contributed by atoms with Crippen molar-refractivity contribution in [1.82, 2.24) is 20.2 Å². The molecule has 0 N–H and O–H groups in total. The predicted octanol–water partition coefficient (Wildman–Crippen LogP) is 4.80. The molecule has 3 aromatic carbocycles. The van der Waals surface area contributed by atoms with Crippen LogP contribution in [0, 0.1) is 0 Å². The van der Waals surface area contributed by atoms with Crippen LogP contribution in [0.2, 0.25) is 0 Å². The first kappa shape index (κ1) is 20.3. The summed E-state index contributed by atoms with van der Waals surface area (Å²) in [5.41, 5.74) is 3.68. The molecule has 160 valence electrons. The molecule has 8 heteroatoms. The van der Waals surface area contributed by atoms with Crippen molar-refractivity contribution in [2.75, 3.05) is 23.9 Å². The van der Waals surface area contributed by atoms with E-state index in [2.05, 4.69) is 15.4 Å². The lowest BCUT2D eigenvalue weighted by Gasteiger charge is -2.32. The summed E-state index contributed by atoms with van der Waals surface area (Å²) in [5, 5.41) is 12.9. The van der Waals surface area contributed by atoms with Gasteiger partial charge in [-0.1, -0.05) is 36.0 Å². The van der Waals surface area contributed by atoms with E-state index in [1.807, 2.05) is 91.8 Å². The van der Waals surface area contributed by atoms with Gasteiger partial charge >= 0.3 is 0 Å². The third-order valence-electron chi connectivity index (χ3n) is 5.43. The van der Waals surface area contributed by atoms with Gasteiger partial charge in [-0.15, -0.1) is 10.2 Å². The van der Waals surface area contributed by atoms with E-state index in [4.69, 9.17) is 0 Å². The van der Waals surface area contributed by atoms with Crippen molar-refractivity contribution in [2.24, 2.45) is 0 Å². The SMILES string of the molecule is C[C@H](C(=O)N1c2ccccc2Sc2ccccc21)n1nnc(-c2ccc(N(C)C)cc2)n1. The predicted molar refractivity (Wildman–Crippen MR) is 126 cm³/mol. The second-order valence-electron chi connectivity index (χ2n) is 7.76. The van der Waals surface area contributed by atoms with E-state index in [1.165, 1.54) is 4.80 Å². The summed E-state index contributed by atoms with van der Waals surface area (Å²) in [7, 11) is 3.98. The molecular weight excluding hydrogens is 420 g/mol. The lowest BCUT2D eigenvalue weighted by atomic mass is 10.2. The van der Waals surface area contributed by atoms with Crippen LogP contribution in [0.4, 0.5) is 17.1 Å². The van der Waals surface area contributed by atoms with Crippen molar-refractivity contribution in [3.05, 3.63) is 72.8 Å². The Labute approximate surface area is 190 Å². The lowest BCUT2D eigenvalue weighted by Crippen LogP contribution is -2.35. The molecule has 0 spiro atoms. The van der Waals surface area contributed by atoms with Crippen LogP contribution < -0.4 is 9.80 Å². The average Bonchev–Trinajstić information content (AvgIpc) is 3.32. The van der Waals surface area contributed by atoms with E-state index in [0.29, 0.717) is 5.82 Å². The van der Waals surface area contributed by atoms with Gasteiger partial charge in [0.2, 0.25) is 5.82 Å². The summed E-state index contributed by atoms with van der Waals surface area (Å²) in [4.78, 5) is 20.9. The highest BCUT2D eigenvalue weighted by atomic mass is 32.2. The van der Waals surface area contributed by atoms with Gasteiger partial charge in [0.05, 0.1) is 11.4 Å². The summed E-state index contributed by atoms with van der Waals surface area (Å²) >= 11 is 1.67. The van der Waals surface area contributed by atoms with Crippen LogP contribution in [-0.2, 0) is 4.79 Å². The van der Waals surface area contributed by atoms with Gasteiger partial charge in [-0.3, -0.25) is 9.69 Å². The topological polar surface area (TPSA) is 67.2 Å². The first-order valence-corrected chi connectivity index (χ1v) is 11.1. The number of amides is 1. The van der Waals surface area contributed by atoms with E-state index < -0.39 is 6.04 Å². The zero-order valence-electron chi connectivity index (χ0n) is 18.0. The summed E-state index contributed by atoms with van der Waals surface area (Å²) in [6.07, 6.45) is 0. The summed E-state index contributed by atoms with van der Waals surface area (Å²) in [6, 6.07) is 23.2. The Morgan fingerprint density at radius 1 is 0.906 bits per heavy atom. The molecular formula is C24H22N6OS. The minimum absolute atomic E-state index is 0.114. The number of fused-ring (bicyclic) bond motifs is 2. The normalized spacial score (nSPS) is 13.3. The van der Waals surface area contributed by atoms with Crippen LogP contribution in [0.1, 0.15) is 13.0 Å². The molecule has 0 bridgehead atoms. The second-order valence-corrected chi connectivity index (χ2v) is 8.85. The molecule has 0 aliphatic carbocycles. The Bertz CT molecular complexity index is 1240. The minimum Gasteiger partial charge on any atom is -0.378 e. The Kier molecular flexibility index (Phi) is 5.14. The third-order valence-corrected chi connectivity index (χ3v) is 6.56. The van der Waals surface area contributed by atoms with Gasteiger partial charge in [-0.05, 0) is 60.7 Å². The molecule has 4 aromatic rings. The van der Waals surface area contributed by atoms with E-state index in [-0.39, 0.29) is 5.91 Å². The maximum atomic E-state index is 13.7. The fourth-order valence-corrected chi connectivity index (χ4v) is 4.70. The molecule has 7 nitrogen and oxygen atoms in total. The Morgan fingerprint density at radius 3 is 2.09 bits per heavy atom. The number of hydrogen-bond acceptors (Lipinski definition) is 6. The average molecular weight is 443 g/mol. The van der Waals surface area contributed by atoms with Crippen molar-refractivity contribution in [3.63, 3.8) is 0 Å². The molecule has 1 atom stereocenters. The number of benzene rings is 3. The number of anilines is 3. The van der Waals surface area contributed by atoms with Crippen LogP contribution in [0.25, 0.3) is 11.4 Å². The molecule has 1 aliphatic rings. The van der Waals surface area contributed by atoms with Gasteiger partial charge in [0, 0.05) is 35.1 Å². The summed E-state index contributed by atoms with van der Waals surface area (Å²) < 4.78 is 0. The fourth-order valence-electron chi connectivity index (χ4n) is 3.64. The van der Waals surface area contributed by atoms with Crippen molar-refractivity contribution >= 4 is 34.7 Å². The molecule has 2 heterocycles. The highest BCUT2D eigenvalue weighted by molar-refractivity contribution is 7.99. The van der Waals surface area contributed by atoms with Gasteiger partial charge < -0.3 is 4.90 Å². The number of rotatable bonds is 4. The molecule has 0 saturated heterocycles. The Balaban J connectivity index is 1.46. The molecule has 0 saturated carbocycles. The number of carbonyl (C=O) groups excluding carboxylic acids is 1. The largest absolute Gasteiger partial charge is 0.378 e. The minimum atomic E-state index is -0.624. The van der Waals surface area contributed by atoms with Crippen LogP contribution in [0.5, 0.6) is 0 Å². The highest BCUT2D eigenvalue weighted by Crippen LogP contribution is 2.48. The quantitative estimate of drug-likeness (QED) is 0.452. The van der Waals surface area contributed by atoms with Crippen molar-refractivity contribution < 1.29 is 4.79 Å². The fraction of sp³-hybridized carbons (Fsp3) is 0.167. The highest BCUT2D eigenvalue weighted by Gasteiger charge is 2.32. The van der Waals surface area contributed by atoms with Crippen molar-refractivity contribution in [1.29, 1.82) is 0 Å². The molecule has 5 rings (SSSR count). The first-order valence-electron chi connectivity index (χ1n) is 10.3. The molecule has 1 aromatic heterocycles. The van der Waals surface area contributed by atoms with Gasteiger partial charge in [-0.2, -0.15) is 4.80 Å². The lowest BCUT2D eigenvalue weighted by molar-refractivity contribution is -0.121. The van der Waals surface area contributed by atoms with E-state index in [9.17, 15) is 4.79 Å². The van der Waals surface area contributed by atoms with Gasteiger partial charge in [0.1, 0.15) is 6.04 Å². The third kappa shape index (κ3) is 3.52. The zero-order chi connectivity index (χ0) is 22.2. The van der Waals surface area contributed by atoms with Gasteiger partial charge in [0.25, 0.3) is 5.91 Å². The zero-order valence-corrected chi connectivity index (χ0v) is 18.8. The van der Waals surface area contributed by atoms with Gasteiger partial charge in [-0.25, -0.2) is 0 Å². The second kappa shape index (κ2) is 8.12. The number of hydrogen-bond donors (Lipinski definition) is 0. The molecule has 0 radical (unpaired) electrons.